The van der Waals surface area contributed by atoms with Gasteiger partial charge in [-0.15, -0.1) is 11.3 Å². The number of aromatic nitrogens is 1. The summed E-state index contributed by atoms with van der Waals surface area (Å²) < 4.78 is 0. The van der Waals surface area contributed by atoms with Crippen molar-refractivity contribution in [2.75, 3.05) is 5.32 Å². The molecule has 1 aromatic heterocycles. The number of para-hydroxylation sites is 1. The number of aliphatic hydroxyl groups excluding tert-OH is 1. The number of carbonyl (C=O) groups excluding carboxylic acids is 1. The zero-order chi connectivity index (χ0) is 16.1. The van der Waals surface area contributed by atoms with Gasteiger partial charge in [0.15, 0.2) is 0 Å². The first kappa shape index (κ1) is 16.6. The zero-order valence-corrected chi connectivity index (χ0v) is 14.0. The number of aliphatic hydroxyl groups is 1. The van der Waals surface area contributed by atoms with Crippen LogP contribution >= 0.6 is 11.3 Å². The van der Waals surface area contributed by atoms with Gasteiger partial charge in [-0.2, -0.15) is 0 Å². The van der Waals surface area contributed by atoms with Crippen LogP contribution in [-0.2, 0) is 24.2 Å². The van der Waals surface area contributed by atoms with E-state index in [9.17, 15) is 4.79 Å². The summed E-state index contributed by atoms with van der Waals surface area (Å²) in [7, 11) is 0. The molecule has 0 spiro atoms. The molecule has 0 fully saturated rings. The van der Waals surface area contributed by atoms with Crippen molar-refractivity contribution in [1.82, 2.24) is 4.98 Å². The lowest BCUT2D eigenvalue weighted by Crippen LogP contribution is -2.20. The molecule has 2 aromatic rings. The average Bonchev–Trinajstić information content (AvgIpc) is 3.03. The van der Waals surface area contributed by atoms with Crippen molar-refractivity contribution in [3.63, 3.8) is 0 Å². The fraction of sp³-hybridized carbons (Fsp3) is 0.412. The number of nitrogens with zero attached hydrogens (tertiary/aromatic N) is 1. The number of benzene rings is 1. The van der Waals surface area contributed by atoms with Crippen LogP contribution in [0.3, 0.4) is 0 Å². The summed E-state index contributed by atoms with van der Waals surface area (Å²) in [5.41, 5.74) is 3.84. The lowest BCUT2D eigenvalue weighted by Gasteiger charge is -2.16. The van der Waals surface area contributed by atoms with Crippen molar-refractivity contribution in [3.8, 4) is 0 Å². The van der Waals surface area contributed by atoms with Gasteiger partial charge in [0.25, 0.3) is 0 Å². The van der Waals surface area contributed by atoms with Gasteiger partial charge in [0, 0.05) is 11.1 Å². The highest BCUT2D eigenvalue weighted by molar-refractivity contribution is 7.09. The van der Waals surface area contributed by atoms with E-state index in [4.69, 9.17) is 5.11 Å². The van der Waals surface area contributed by atoms with E-state index in [1.54, 1.807) is 5.38 Å². The van der Waals surface area contributed by atoms with Crippen LogP contribution < -0.4 is 5.32 Å². The molecule has 0 saturated heterocycles. The molecule has 5 heteroatoms. The SMILES string of the molecule is CCc1cccc(CC)c1NC(=O)C(C)c1nc(CO)cs1. The van der Waals surface area contributed by atoms with Gasteiger partial charge in [-0.05, 0) is 30.9 Å². The smallest absolute Gasteiger partial charge is 0.234 e. The van der Waals surface area contributed by atoms with E-state index < -0.39 is 0 Å². The minimum Gasteiger partial charge on any atom is -0.390 e. The number of hydrogen-bond acceptors (Lipinski definition) is 4. The Balaban J connectivity index is 2.21. The van der Waals surface area contributed by atoms with Crippen LogP contribution in [0.2, 0.25) is 0 Å². The minimum atomic E-state index is -0.333. The van der Waals surface area contributed by atoms with E-state index in [0.717, 1.165) is 34.7 Å². The van der Waals surface area contributed by atoms with Crippen LogP contribution in [0.15, 0.2) is 23.6 Å². The predicted molar refractivity (Wildman–Crippen MR) is 90.3 cm³/mol. The fourth-order valence-corrected chi connectivity index (χ4v) is 3.21. The van der Waals surface area contributed by atoms with Gasteiger partial charge < -0.3 is 10.4 Å². The Morgan fingerprint density at radius 3 is 2.45 bits per heavy atom. The Morgan fingerprint density at radius 1 is 1.32 bits per heavy atom. The number of thiazole rings is 1. The molecule has 0 aliphatic rings. The van der Waals surface area contributed by atoms with Crippen LogP contribution in [0.25, 0.3) is 0 Å². The monoisotopic (exact) mass is 318 g/mol. The number of hydrogen-bond donors (Lipinski definition) is 2. The molecule has 0 saturated carbocycles. The first-order valence-corrected chi connectivity index (χ1v) is 8.45. The summed E-state index contributed by atoms with van der Waals surface area (Å²) in [5, 5.41) is 14.7. The Labute approximate surface area is 135 Å². The predicted octanol–water partition coefficient (Wildman–Crippen LogP) is 3.50. The van der Waals surface area contributed by atoms with E-state index in [1.165, 1.54) is 11.3 Å². The molecule has 1 atom stereocenters. The molecule has 22 heavy (non-hydrogen) atoms. The highest BCUT2D eigenvalue weighted by atomic mass is 32.1. The standard InChI is InChI=1S/C17H22N2O2S/c1-4-12-7-6-8-13(5-2)15(12)19-16(21)11(3)17-18-14(9-20)10-22-17/h6-8,10-11,20H,4-5,9H2,1-3H3,(H,19,21). The Kier molecular flexibility index (Phi) is 5.69. The van der Waals surface area contributed by atoms with Crippen LogP contribution in [0, 0.1) is 0 Å². The molecule has 2 N–H and O–H groups in total. The quantitative estimate of drug-likeness (QED) is 0.857. The second-order valence-corrected chi connectivity index (χ2v) is 6.09. The number of carbonyl (C=O) groups is 1. The van der Waals surface area contributed by atoms with Gasteiger partial charge in [-0.1, -0.05) is 32.0 Å². The van der Waals surface area contributed by atoms with E-state index in [2.05, 4.69) is 24.1 Å². The summed E-state index contributed by atoms with van der Waals surface area (Å²) in [6, 6.07) is 6.13. The normalized spacial score (nSPS) is 12.2. The molecule has 0 radical (unpaired) electrons. The first-order chi connectivity index (χ1) is 10.6. The molecule has 0 bridgehead atoms. The van der Waals surface area contributed by atoms with E-state index in [1.807, 2.05) is 25.1 Å². The Morgan fingerprint density at radius 2 is 1.95 bits per heavy atom. The van der Waals surface area contributed by atoms with Crippen molar-refractivity contribution >= 4 is 22.9 Å². The maximum Gasteiger partial charge on any atom is 0.234 e. The first-order valence-electron chi connectivity index (χ1n) is 7.57. The average molecular weight is 318 g/mol. The number of rotatable bonds is 6. The van der Waals surface area contributed by atoms with Crippen LogP contribution in [0.5, 0.6) is 0 Å². The van der Waals surface area contributed by atoms with Crippen LogP contribution in [0.1, 0.15) is 48.5 Å². The number of aryl methyl sites for hydroxylation is 2. The molecule has 0 aliphatic heterocycles. The van der Waals surface area contributed by atoms with Crippen molar-refractivity contribution in [3.05, 3.63) is 45.4 Å². The van der Waals surface area contributed by atoms with Crippen molar-refractivity contribution < 1.29 is 9.90 Å². The summed E-state index contributed by atoms with van der Waals surface area (Å²) >= 11 is 1.41. The molecule has 1 aromatic carbocycles. The van der Waals surface area contributed by atoms with E-state index >= 15 is 0 Å². The van der Waals surface area contributed by atoms with Crippen molar-refractivity contribution in [1.29, 1.82) is 0 Å². The summed E-state index contributed by atoms with van der Waals surface area (Å²) in [4.78, 5) is 16.8. The molecule has 1 amide bonds. The molecule has 0 aliphatic carbocycles. The Bertz CT molecular complexity index is 630. The maximum absolute atomic E-state index is 12.5. The van der Waals surface area contributed by atoms with E-state index in [-0.39, 0.29) is 18.4 Å². The molecule has 1 heterocycles. The maximum atomic E-state index is 12.5. The molecular weight excluding hydrogens is 296 g/mol. The number of nitrogens with one attached hydrogen (secondary N) is 1. The third kappa shape index (κ3) is 3.54. The molecule has 1 unspecified atom stereocenters. The second kappa shape index (κ2) is 7.51. The summed E-state index contributed by atoms with van der Waals surface area (Å²) in [6.45, 7) is 5.92. The van der Waals surface area contributed by atoms with E-state index in [0.29, 0.717) is 5.69 Å². The highest BCUT2D eigenvalue weighted by Crippen LogP contribution is 2.26. The van der Waals surface area contributed by atoms with Crippen LogP contribution in [-0.4, -0.2) is 16.0 Å². The molecule has 118 valence electrons. The van der Waals surface area contributed by atoms with Crippen molar-refractivity contribution in [2.24, 2.45) is 0 Å². The lowest BCUT2D eigenvalue weighted by atomic mass is 10.0. The third-order valence-electron chi connectivity index (χ3n) is 3.74. The summed E-state index contributed by atoms with van der Waals surface area (Å²) in [5.74, 6) is -0.394. The second-order valence-electron chi connectivity index (χ2n) is 5.20. The van der Waals surface area contributed by atoms with Gasteiger partial charge in [0.2, 0.25) is 5.91 Å². The van der Waals surface area contributed by atoms with Gasteiger partial charge in [-0.3, -0.25) is 4.79 Å². The topological polar surface area (TPSA) is 62.2 Å². The van der Waals surface area contributed by atoms with Gasteiger partial charge in [-0.25, -0.2) is 4.98 Å². The van der Waals surface area contributed by atoms with Gasteiger partial charge in [0.1, 0.15) is 5.01 Å². The molecular formula is C17H22N2O2S. The highest BCUT2D eigenvalue weighted by Gasteiger charge is 2.20. The lowest BCUT2D eigenvalue weighted by molar-refractivity contribution is -0.117. The fourth-order valence-electron chi connectivity index (χ4n) is 2.34. The zero-order valence-electron chi connectivity index (χ0n) is 13.2. The largest absolute Gasteiger partial charge is 0.390 e. The number of amides is 1. The van der Waals surface area contributed by atoms with Crippen LogP contribution in [0.4, 0.5) is 5.69 Å². The Hall–Kier alpha value is -1.72. The third-order valence-corrected chi connectivity index (χ3v) is 4.82. The molecule has 2 rings (SSSR count). The summed E-state index contributed by atoms with van der Waals surface area (Å²) in [6.07, 6.45) is 1.76. The number of anilines is 1. The molecule has 4 nitrogen and oxygen atoms in total. The van der Waals surface area contributed by atoms with Gasteiger partial charge >= 0.3 is 0 Å². The van der Waals surface area contributed by atoms with Crippen molar-refractivity contribution in [2.45, 2.75) is 46.1 Å². The van der Waals surface area contributed by atoms with Gasteiger partial charge in [0.05, 0.1) is 18.2 Å². The minimum absolute atomic E-state index is 0.0607.